The Hall–Kier alpha value is -3.66. The molecule has 30 heavy (non-hydrogen) atoms. The molecule has 0 bridgehead atoms. The van der Waals surface area contributed by atoms with Crippen LogP contribution in [0.1, 0.15) is 45.8 Å². The van der Waals surface area contributed by atoms with Gasteiger partial charge in [0.15, 0.2) is 0 Å². The first-order valence-corrected chi connectivity index (χ1v) is 10.1. The van der Waals surface area contributed by atoms with Gasteiger partial charge >= 0.3 is 5.97 Å². The molecule has 0 N–H and O–H groups in total. The number of carbonyl (C=O) groups is 2. The minimum absolute atomic E-state index is 0.137. The van der Waals surface area contributed by atoms with Crippen molar-refractivity contribution in [2.24, 2.45) is 0 Å². The summed E-state index contributed by atoms with van der Waals surface area (Å²) in [7, 11) is 0. The van der Waals surface area contributed by atoms with Crippen molar-refractivity contribution < 1.29 is 14.3 Å². The number of esters is 1. The van der Waals surface area contributed by atoms with Crippen LogP contribution in [0.5, 0.6) is 0 Å². The fourth-order valence-electron chi connectivity index (χ4n) is 3.76. The number of ketones is 1. The van der Waals surface area contributed by atoms with Crippen molar-refractivity contribution in [2.45, 2.75) is 20.3 Å². The summed E-state index contributed by atoms with van der Waals surface area (Å²) in [4.78, 5) is 26.6. The van der Waals surface area contributed by atoms with Crippen molar-refractivity contribution >= 4 is 17.3 Å². The van der Waals surface area contributed by atoms with Gasteiger partial charge in [-0.3, -0.25) is 4.79 Å². The smallest absolute Gasteiger partial charge is 0.340 e. The van der Waals surface area contributed by atoms with Crippen LogP contribution in [0, 0.1) is 0 Å². The summed E-state index contributed by atoms with van der Waals surface area (Å²) in [6, 6.07) is 22.7. The molecule has 0 aliphatic rings. The second-order valence-corrected chi connectivity index (χ2v) is 7.02. The average molecular weight is 397 g/mol. The van der Waals surface area contributed by atoms with Crippen LogP contribution in [0.15, 0.2) is 79.0 Å². The topological polar surface area (TPSA) is 47.8 Å². The van der Waals surface area contributed by atoms with Gasteiger partial charge in [-0.2, -0.15) is 0 Å². The molecule has 150 valence electrons. The second kappa shape index (κ2) is 8.37. The van der Waals surface area contributed by atoms with Gasteiger partial charge in [-0.05, 0) is 36.6 Å². The van der Waals surface area contributed by atoms with E-state index in [0.717, 1.165) is 12.0 Å². The number of rotatable bonds is 6. The molecule has 2 aromatic carbocycles. The van der Waals surface area contributed by atoms with E-state index in [1.165, 1.54) is 5.56 Å². The standard InChI is InChI=1S/C26H23NO3/c1-3-18-13-15-19(16-14-18)22-23(26(29)30-4-2)21-12-8-9-17-27(21)24(22)25(28)20-10-6-5-7-11-20/h5-17H,3-4H2,1-2H3. The maximum atomic E-state index is 13.6. The number of ether oxygens (including phenoxy) is 1. The van der Waals surface area contributed by atoms with Gasteiger partial charge < -0.3 is 9.14 Å². The monoisotopic (exact) mass is 397 g/mol. The Morgan fingerprint density at radius 1 is 0.867 bits per heavy atom. The molecular formula is C26H23NO3. The molecular weight excluding hydrogens is 374 g/mol. The van der Waals surface area contributed by atoms with Gasteiger partial charge in [0.2, 0.25) is 5.78 Å². The fraction of sp³-hybridized carbons (Fsp3) is 0.154. The third kappa shape index (κ3) is 3.41. The molecule has 4 aromatic rings. The van der Waals surface area contributed by atoms with E-state index in [0.29, 0.717) is 27.9 Å². The molecule has 0 fully saturated rings. The van der Waals surface area contributed by atoms with Gasteiger partial charge in [0.1, 0.15) is 5.69 Å². The number of hydrogen-bond donors (Lipinski definition) is 0. The first kappa shape index (κ1) is 19.6. The molecule has 0 amide bonds. The molecule has 0 unspecified atom stereocenters. The Morgan fingerprint density at radius 3 is 2.23 bits per heavy atom. The third-order valence-corrected chi connectivity index (χ3v) is 5.23. The molecule has 4 heteroatoms. The summed E-state index contributed by atoms with van der Waals surface area (Å²) < 4.78 is 7.17. The highest BCUT2D eigenvalue weighted by Gasteiger charge is 2.29. The van der Waals surface area contributed by atoms with Crippen LogP contribution >= 0.6 is 0 Å². The fourth-order valence-corrected chi connectivity index (χ4v) is 3.76. The summed E-state index contributed by atoms with van der Waals surface area (Å²) in [5.41, 5.74) is 4.72. The number of hydrogen-bond acceptors (Lipinski definition) is 3. The average Bonchev–Trinajstić information content (AvgIpc) is 3.14. The van der Waals surface area contributed by atoms with Crippen molar-refractivity contribution in [3.8, 4) is 11.1 Å². The number of pyridine rings is 1. The molecule has 2 heterocycles. The SMILES string of the molecule is CCOC(=O)c1c(-c2ccc(CC)cc2)c(C(=O)c2ccccc2)n2ccccc12. The van der Waals surface area contributed by atoms with Crippen LogP contribution in [0.25, 0.3) is 16.6 Å². The first-order valence-electron chi connectivity index (χ1n) is 10.1. The highest BCUT2D eigenvalue weighted by atomic mass is 16.5. The van der Waals surface area contributed by atoms with Crippen LogP contribution in [0.3, 0.4) is 0 Å². The molecule has 2 aromatic heterocycles. The molecule has 0 saturated carbocycles. The van der Waals surface area contributed by atoms with Crippen LogP contribution in [-0.2, 0) is 11.2 Å². The Balaban J connectivity index is 2.06. The Labute approximate surface area is 175 Å². The van der Waals surface area contributed by atoms with E-state index in [2.05, 4.69) is 6.92 Å². The Morgan fingerprint density at radius 2 is 1.57 bits per heavy atom. The van der Waals surface area contributed by atoms with E-state index in [1.807, 2.05) is 66.9 Å². The minimum atomic E-state index is -0.428. The third-order valence-electron chi connectivity index (χ3n) is 5.23. The van der Waals surface area contributed by atoms with E-state index in [-0.39, 0.29) is 12.4 Å². The van der Waals surface area contributed by atoms with Crippen molar-refractivity contribution in [3.05, 3.63) is 101 Å². The van der Waals surface area contributed by atoms with E-state index in [9.17, 15) is 9.59 Å². The molecule has 0 spiro atoms. The molecule has 0 aliphatic carbocycles. The number of fused-ring (bicyclic) bond motifs is 1. The molecule has 4 rings (SSSR count). The number of carbonyl (C=O) groups excluding carboxylic acids is 2. The lowest BCUT2D eigenvalue weighted by molar-refractivity contribution is 0.0529. The minimum Gasteiger partial charge on any atom is -0.462 e. The van der Waals surface area contributed by atoms with Crippen LogP contribution in [0.2, 0.25) is 0 Å². The lowest BCUT2D eigenvalue weighted by atomic mass is 9.95. The number of benzene rings is 2. The normalized spacial score (nSPS) is 10.9. The number of aryl methyl sites for hydroxylation is 1. The second-order valence-electron chi connectivity index (χ2n) is 7.02. The summed E-state index contributed by atoms with van der Waals surface area (Å²) in [5.74, 6) is -0.565. The largest absolute Gasteiger partial charge is 0.462 e. The van der Waals surface area contributed by atoms with Crippen LogP contribution in [0.4, 0.5) is 0 Å². The summed E-state index contributed by atoms with van der Waals surface area (Å²) in [6.07, 6.45) is 2.73. The van der Waals surface area contributed by atoms with Gasteiger partial charge in [0.25, 0.3) is 0 Å². The molecule has 0 radical (unpaired) electrons. The van der Waals surface area contributed by atoms with E-state index in [4.69, 9.17) is 4.74 Å². The highest BCUT2D eigenvalue weighted by molar-refractivity contribution is 6.18. The lowest BCUT2D eigenvalue weighted by Crippen LogP contribution is -2.08. The zero-order valence-electron chi connectivity index (χ0n) is 17.1. The molecule has 0 atom stereocenters. The van der Waals surface area contributed by atoms with Gasteiger partial charge in [0.05, 0.1) is 17.7 Å². The number of aromatic nitrogens is 1. The van der Waals surface area contributed by atoms with Crippen molar-refractivity contribution in [1.82, 2.24) is 4.40 Å². The molecule has 0 aliphatic heterocycles. The predicted molar refractivity (Wildman–Crippen MR) is 118 cm³/mol. The van der Waals surface area contributed by atoms with E-state index >= 15 is 0 Å². The van der Waals surface area contributed by atoms with E-state index < -0.39 is 5.97 Å². The molecule has 0 saturated heterocycles. The number of nitrogens with zero attached hydrogens (tertiary/aromatic N) is 1. The lowest BCUT2D eigenvalue weighted by Gasteiger charge is -2.09. The van der Waals surface area contributed by atoms with Gasteiger partial charge in [-0.1, -0.05) is 67.6 Å². The quantitative estimate of drug-likeness (QED) is 0.315. The van der Waals surface area contributed by atoms with Crippen LogP contribution in [-0.4, -0.2) is 22.8 Å². The Kier molecular flexibility index (Phi) is 5.48. The van der Waals surface area contributed by atoms with Gasteiger partial charge in [-0.25, -0.2) is 4.79 Å². The van der Waals surface area contributed by atoms with E-state index in [1.54, 1.807) is 23.5 Å². The molecule has 4 nitrogen and oxygen atoms in total. The predicted octanol–water partition coefficient (Wildman–Crippen LogP) is 5.58. The zero-order valence-corrected chi connectivity index (χ0v) is 17.1. The maximum Gasteiger partial charge on any atom is 0.340 e. The highest BCUT2D eigenvalue weighted by Crippen LogP contribution is 2.35. The van der Waals surface area contributed by atoms with Gasteiger partial charge in [-0.15, -0.1) is 0 Å². The summed E-state index contributed by atoms with van der Waals surface area (Å²) >= 11 is 0. The summed E-state index contributed by atoms with van der Waals surface area (Å²) in [5, 5.41) is 0. The van der Waals surface area contributed by atoms with Gasteiger partial charge in [0, 0.05) is 17.3 Å². The van der Waals surface area contributed by atoms with Crippen molar-refractivity contribution in [1.29, 1.82) is 0 Å². The van der Waals surface area contributed by atoms with Crippen molar-refractivity contribution in [3.63, 3.8) is 0 Å². The zero-order chi connectivity index (χ0) is 21.1. The van der Waals surface area contributed by atoms with Crippen molar-refractivity contribution in [2.75, 3.05) is 6.61 Å². The first-order chi connectivity index (χ1) is 14.7. The Bertz CT molecular complexity index is 1200. The maximum absolute atomic E-state index is 13.6. The van der Waals surface area contributed by atoms with Crippen LogP contribution < -0.4 is 0 Å². The summed E-state index contributed by atoms with van der Waals surface area (Å²) in [6.45, 7) is 4.14.